The number of ether oxygens (including phenoxy) is 1. The SMILES string of the molecule is CC(CB1OC(C)(C)C(C)(C)O1)C(=O)OCc1ccccc1. The summed E-state index contributed by atoms with van der Waals surface area (Å²) in [6.45, 7) is 10.2. The highest BCUT2D eigenvalue weighted by atomic mass is 16.7. The summed E-state index contributed by atoms with van der Waals surface area (Å²) >= 11 is 0. The minimum atomic E-state index is -0.371. The second kappa shape index (κ2) is 6.43. The van der Waals surface area contributed by atoms with E-state index in [9.17, 15) is 4.79 Å². The maximum atomic E-state index is 12.1. The standard InChI is InChI=1S/C17H25BO4/c1-13(11-18-21-16(2,3)17(4,5)22-18)15(19)20-12-14-9-7-6-8-10-14/h6-10,13H,11-12H2,1-5H3. The third-order valence-corrected chi connectivity index (χ3v) is 4.47. The second-order valence-corrected chi connectivity index (χ2v) is 6.92. The van der Waals surface area contributed by atoms with Crippen molar-refractivity contribution in [3.05, 3.63) is 35.9 Å². The van der Waals surface area contributed by atoms with Gasteiger partial charge in [0.25, 0.3) is 0 Å². The first-order chi connectivity index (χ1) is 10.2. The molecule has 0 aliphatic carbocycles. The highest BCUT2D eigenvalue weighted by molar-refractivity contribution is 6.46. The second-order valence-electron chi connectivity index (χ2n) is 6.92. The predicted molar refractivity (Wildman–Crippen MR) is 86.3 cm³/mol. The van der Waals surface area contributed by atoms with Crippen LogP contribution < -0.4 is 0 Å². The number of carbonyl (C=O) groups is 1. The molecule has 1 aromatic rings. The molecule has 1 saturated heterocycles. The Hall–Kier alpha value is -1.33. The predicted octanol–water partition coefficient (Wildman–Crippen LogP) is 3.46. The van der Waals surface area contributed by atoms with Crippen LogP contribution in [0.4, 0.5) is 0 Å². The van der Waals surface area contributed by atoms with Gasteiger partial charge in [-0.3, -0.25) is 4.79 Å². The van der Waals surface area contributed by atoms with Crippen LogP contribution in [0.5, 0.6) is 0 Å². The van der Waals surface area contributed by atoms with Gasteiger partial charge >= 0.3 is 13.1 Å². The summed E-state index contributed by atoms with van der Waals surface area (Å²) in [4.78, 5) is 12.1. The molecule has 4 nitrogen and oxygen atoms in total. The van der Waals surface area contributed by atoms with Crippen molar-refractivity contribution >= 4 is 13.1 Å². The summed E-state index contributed by atoms with van der Waals surface area (Å²) in [5, 5.41) is 0. The van der Waals surface area contributed by atoms with Crippen molar-refractivity contribution in [2.75, 3.05) is 0 Å². The van der Waals surface area contributed by atoms with Gasteiger partial charge in [0.05, 0.1) is 17.1 Å². The molecule has 1 unspecified atom stereocenters. The third-order valence-electron chi connectivity index (χ3n) is 4.47. The maximum Gasteiger partial charge on any atom is 0.458 e. The first-order valence-electron chi connectivity index (χ1n) is 7.77. The highest BCUT2D eigenvalue weighted by Gasteiger charge is 2.51. The van der Waals surface area contributed by atoms with Gasteiger partial charge in [-0.15, -0.1) is 0 Å². The van der Waals surface area contributed by atoms with E-state index >= 15 is 0 Å². The monoisotopic (exact) mass is 304 g/mol. The fourth-order valence-electron chi connectivity index (χ4n) is 2.32. The zero-order chi connectivity index (χ0) is 16.4. The molecule has 1 aliphatic rings. The lowest BCUT2D eigenvalue weighted by molar-refractivity contribution is -0.148. The van der Waals surface area contributed by atoms with Gasteiger partial charge in [-0.05, 0) is 39.6 Å². The van der Waals surface area contributed by atoms with E-state index in [2.05, 4.69) is 0 Å². The minimum Gasteiger partial charge on any atom is -0.461 e. The van der Waals surface area contributed by atoms with Crippen molar-refractivity contribution in [3.63, 3.8) is 0 Å². The van der Waals surface area contributed by atoms with E-state index in [0.29, 0.717) is 12.9 Å². The zero-order valence-corrected chi connectivity index (χ0v) is 14.1. The Morgan fingerprint density at radius 3 is 2.23 bits per heavy atom. The minimum absolute atomic E-state index is 0.224. The van der Waals surface area contributed by atoms with Gasteiger partial charge in [0.15, 0.2) is 0 Å². The Labute approximate surface area is 133 Å². The first-order valence-corrected chi connectivity index (χ1v) is 7.77. The molecule has 120 valence electrons. The molecule has 0 saturated carbocycles. The Balaban J connectivity index is 1.82. The van der Waals surface area contributed by atoms with Crippen molar-refractivity contribution in [1.29, 1.82) is 0 Å². The Morgan fingerprint density at radius 1 is 1.14 bits per heavy atom. The summed E-state index contributed by atoms with van der Waals surface area (Å²) in [7, 11) is -0.371. The lowest BCUT2D eigenvalue weighted by Crippen LogP contribution is -2.41. The maximum absolute atomic E-state index is 12.1. The van der Waals surface area contributed by atoms with Crippen molar-refractivity contribution in [1.82, 2.24) is 0 Å². The summed E-state index contributed by atoms with van der Waals surface area (Å²) in [5.74, 6) is -0.489. The number of esters is 1. The quantitative estimate of drug-likeness (QED) is 0.617. The van der Waals surface area contributed by atoms with E-state index in [-0.39, 0.29) is 30.2 Å². The van der Waals surface area contributed by atoms with E-state index in [0.717, 1.165) is 5.56 Å². The molecular weight excluding hydrogens is 279 g/mol. The Morgan fingerprint density at radius 2 is 1.68 bits per heavy atom. The fourth-order valence-corrected chi connectivity index (χ4v) is 2.32. The number of hydrogen-bond acceptors (Lipinski definition) is 4. The molecule has 0 radical (unpaired) electrons. The Bertz CT molecular complexity index is 497. The van der Waals surface area contributed by atoms with Crippen LogP contribution in [0.15, 0.2) is 30.3 Å². The van der Waals surface area contributed by atoms with Gasteiger partial charge in [0.1, 0.15) is 6.61 Å². The molecule has 0 aromatic heterocycles. The van der Waals surface area contributed by atoms with E-state index in [1.807, 2.05) is 65.0 Å². The first kappa shape index (κ1) is 17.0. The molecule has 1 heterocycles. The normalized spacial score (nSPS) is 20.7. The molecule has 2 rings (SSSR count). The topological polar surface area (TPSA) is 44.8 Å². The van der Waals surface area contributed by atoms with Crippen LogP contribution in [-0.2, 0) is 25.4 Å². The van der Waals surface area contributed by atoms with Crippen molar-refractivity contribution in [2.45, 2.75) is 58.7 Å². The van der Waals surface area contributed by atoms with Crippen LogP contribution in [0.1, 0.15) is 40.2 Å². The van der Waals surface area contributed by atoms with E-state index < -0.39 is 0 Å². The van der Waals surface area contributed by atoms with E-state index in [1.165, 1.54) is 0 Å². The largest absolute Gasteiger partial charge is 0.461 e. The molecule has 0 amide bonds. The van der Waals surface area contributed by atoms with Gasteiger partial charge in [0, 0.05) is 0 Å². The summed E-state index contributed by atoms with van der Waals surface area (Å²) < 4.78 is 17.2. The molecule has 0 spiro atoms. The number of hydrogen-bond donors (Lipinski definition) is 0. The zero-order valence-electron chi connectivity index (χ0n) is 14.1. The van der Waals surface area contributed by atoms with Crippen LogP contribution >= 0.6 is 0 Å². The average molecular weight is 304 g/mol. The molecule has 1 aliphatic heterocycles. The smallest absolute Gasteiger partial charge is 0.458 e. The van der Waals surface area contributed by atoms with Gasteiger partial charge in [-0.25, -0.2) is 0 Å². The molecule has 5 heteroatoms. The van der Waals surface area contributed by atoms with Crippen molar-refractivity contribution < 1.29 is 18.8 Å². The summed E-state index contributed by atoms with van der Waals surface area (Å²) in [6, 6.07) is 9.67. The van der Waals surface area contributed by atoms with Gasteiger partial charge in [-0.2, -0.15) is 0 Å². The summed E-state index contributed by atoms with van der Waals surface area (Å²) in [5.41, 5.74) is 0.245. The molecule has 1 fully saturated rings. The lowest BCUT2D eigenvalue weighted by atomic mass is 9.78. The molecule has 22 heavy (non-hydrogen) atoms. The van der Waals surface area contributed by atoms with Gasteiger partial charge < -0.3 is 14.0 Å². The van der Waals surface area contributed by atoms with Gasteiger partial charge in [-0.1, -0.05) is 37.3 Å². The van der Waals surface area contributed by atoms with Crippen LogP contribution in [-0.4, -0.2) is 24.3 Å². The molecule has 1 atom stereocenters. The van der Waals surface area contributed by atoms with Crippen molar-refractivity contribution in [2.24, 2.45) is 5.92 Å². The van der Waals surface area contributed by atoms with Crippen molar-refractivity contribution in [3.8, 4) is 0 Å². The molecular formula is C17H25BO4. The van der Waals surface area contributed by atoms with Crippen LogP contribution in [0.3, 0.4) is 0 Å². The number of rotatable bonds is 5. The third kappa shape index (κ3) is 3.90. The van der Waals surface area contributed by atoms with E-state index in [1.54, 1.807) is 0 Å². The number of carbonyl (C=O) groups excluding carboxylic acids is 1. The van der Waals surface area contributed by atoms with Gasteiger partial charge in [0.2, 0.25) is 0 Å². The number of benzene rings is 1. The lowest BCUT2D eigenvalue weighted by Gasteiger charge is -2.32. The average Bonchev–Trinajstić information content (AvgIpc) is 2.64. The summed E-state index contributed by atoms with van der Waals surface area (Å²) in [6.07, 6.45) is 0.500. The van der Waals surface area contributed by atoms with Crippen LogP contribution in [0.25, 0.3) is 0 Å². The molecule has 0 N–H and O–H groups in total. The van der Waals surface area contributed by atoms with Crippen LogP contribution in [0.2, 0.25) is 6.32 Å². The highest BCUT2D eigenvalue weighted by Crippen LogP contribution is 2.38. The Kier molecular flexibility index (Phi) is 4.98. The fraction of sp³-hybridized carbons (Fsp3) is 0.588. The van der Waals surface area contributed by atoms with Crippen LogP contribution in [0, 0.1) is 5.92 Å². The molecule has 1 aromatic carbocycles. The molecule has 0 bridgehead atoms. The van der Waals surface area contributed by atoms with E-state index in [4.69, 9.17) is 14.0 Å².